The average molecular weight is 438 g/mol. The van der Waals surface area contributed by atoms with Crippen LogP contribution in [0, 0.1) is 6.92 Å². The van der Waals surface area contributed by atoms with Crippen LogP contribution in [0.3, 0.4) is 0 Å². The first-order chi connectivity index (χ1) is 15.1. The van der Waals surface area contributed by atoms with Crippen LogP contribution in [0.1, 0.15) is 12.5 Å². The van der Waals surface area contributed by atoms with E-state index in [1.807, 2.05) is 43.3 Å². The Labute approximate surface area is 186 Å². The second-order valence-electron chi connectivity index (χ2n) is 7.46. The van der Waals surface area contributed by atoms with E-state index in [1.54, 1.807) is 4.68 Å². The zero-order valence-electron chi connectivity index (χ0n) is 17.9. The summed E-state index contributed by atoms with van der Waals surface area (Å²) in [5.74, 6) is 0.140. The van der Waals surface area contributed by atoms with Gasteiger partial charge < -0.3 is 15.1 Å². The molecule has 8 nitrogen and oxygen atoms in total. The average Bonchev–Trinajstić information content (AvgIpc) is 3.27. The number of carbonyl (C=O) groups excluding carboxylic acids is 1. The van der Waals surface area contributed by atoms with E-state index in [4.69, 9.17) is 0 Å². The molecule has 0 bridgehead atoms. The highest BCUT2D eigenvalue weighted by Crippen LogP contribution is 2.22. The number of rotatable bonds is 7. The van der Waals surface area contributed by atoms with Crippen molar-refractivity contribution in [2.45, 2.75) is 19.0 Å². The first-order valence-electron chi connectivity index (χ1n) is 10.5. The zero-order valence-corrected chi connectivity index (χ0v) is 18.7. The number of thioether (sulfide) groups is 1. The molecule has 0 spiro atoms. The molecular formula is C22H27N7OS. The number of likely N-dealkylation sites (N-methyl/N-ethyl adjacent to an activating group) is 1. The molecule has 0 aliphatic carbocycles. The quantitative estimate of drug-likeness (QED) is 0.570. The number of hydrogen-bond donors (Lipinski definition) is 1. The largest absolute Gasteiger partial charge is 0.369 e. The number of anilines is 2. The van der Waals surface area contributed by atoms with Crippen molar-refractivity contribution in [2.24, 2.45) is 0 Å². The minimum absolute atomic E-state index is 0.0892. The Hall–Kier alpha value is -2.91. The fourth-order valence-corrected chi connectivity index (χ4v) is 4.31. The monoisotopic (exact) mass is 437 g/mol. The van der Waals surface area contributed by atoms with Crippen LogP contribution in [0.15, 0.2) is 53.7 Å². The van der Waals surface area contributed by atoms with Gasteiger partial charge in [0.15, 0.2) is 0 Å². The molecule has 0 saturated carbocycles. The maximum absolute atomic E-state index is 12.5. The third-order valence-electron chi connectivity index (χ3n) is 5.45. The van der Waals surface area contributed by atoms with Crippen molar-refractivity contribution < 1.29 is 4.79 Å². The minimum atomic E-state index is -0.0892. The Kier molecular flexibility index (Phi) is 6.83. The maximum atomic E-state index is 12.5. The lowest BCUT2D eigenvalue weighted by molar-refractivity contribution is -0.113. The number of aromatic nitrogens is 4. The van der Waals surface area contributed by atoms with Crippen molar-refractivity contribution in [3.8, 4) is 5.69 Å². The predicted molar refractivity (Wildman–Crippen MR) is 124 cm³/mol. The molecule has 2 aromatic carbocycles. The zero-order chi connectivity index (χ0) is 21.6. The number of aryl methyl sites for hydroxylation is 1. The molecule has 4 rings (SSSR count). The normalized spacial score (nSPS) is 14.6. The summed E-state index contributed by atoms with van der Waals surface area (Å²) in [6, 6.07) is 15.9. The molecule has 1 saturated heterocycles. The summed E-state index contributed by atoms with van der Waals surface area (Å²) < 4.78 is 1.67. The molecule has 1 aromatic heterocycles. The summed E-state index contributed by atoms with van der Waals surface area (Å²) >= 11 is 1.31. The number of nitrogens with zero attached hydrogens (tertiary/aromatic N) is 6. The summed E-state index contributed by atoms with van der Waals surface area (Å²) in [4.78, 5) is 17.3. The van der Waals surface area contributed by atoms with Gasteiger partial charge in [-0.25, -0.2) is 0 Å². The Bertz CT molecular complexity index is 1010. The van der Waals surface area contributed by atoms with Crippen LogP contribution < -0.4 is 10.2 Å². The summed E-state index contributed by atoms with van der Waals surface area (Å²) in [5.41, 5.74) is 3.96. The van der Waals surface area contributed by atoms with Crippen LogP contribution in [0.2, 0.25) is 0 Å². The van der Waals surface area contributed by atoms with E-state index in [0.717, 1.165) is 49.7 Å². The van der Waals surface area contributed by atoms with Crippen LogP contribution >= 0.6 is 11.8 Å². The van der Waals surface area contributed by atoms with Gasteiger partial charge in [-0.15, -0.1) is 5.10 Å². The van der Waals surface area contributed by atoms with E-state index in [1.165, 1.54) is 17.4 Å². The van der Waals surface area contributed by atoms with E-state index in [-0.39, 0.29) is 11.7 Å². The number of amides is 1. The summed E-state index contributed by atoms with van der Waals surface area (Å²) in [5, 5.41) is 15.4. The van der Waals surface area contributed by atoms with Crippen molar-refractivity contribution in [3.63, 3.8) is 0 Å². The van der Waals surface area contributed by atoms with Crippen molar-refractivity contribution in [1.29, 1.82) is 0 Å². The molecule has 0 radical (unpaired) electrons. The Morgan fingerprint density at radius 1 is 1.06 bits per heavy atom. The molecule has 1 aliphatic heterocycles. The van der Waals surface area contributed by atoms with Gasteiger partial charge in [0, 0.05) is 37.6 Å². The molecule has 1 fully saturated rings. The van der Waals surface area contributed by atoms with E-state index >= 15 is 0 Å². The molecule has 3 aromatic rings. The Morgan fingerprint density at radius 2 is 1.81 bits per heavy atom. The van der Waals surface area contributed by atoms with Crippen molar-refractivity contribution in [1.82, 2.24) is 25.1 Å². The second kappa shape index (κ2) is 9.93. The predicted octanol–water partition coefficient (Wildman–Crippen LogP) is 2.84. The standard InChI is InChI=1S/C22H27N7OS/c1-3-27-12-14-28(15-13-27)19-10-8-18(9-11-19)23-21(30)16-31-22-24-25-26-29(22)20-7-5-4-6-17(20)2/h4-11H,3,12-16H2,1-2H3,(H,23,30). The molecule has 1 amide bonds. The Balaban J connectivity index is 1.31. The maximum Gasteiger partial charge on any atom is 0.234 e. The number of carbonyl (C=O) groups is 1. The molecule has 0 atom stereocenters. The highest BCUT2D eigenvalue weighted by Gasteiger charge is 2.16. The van der Waals surface area contributed by atoms with Crippen molar-refractivity contribution >= 4 is 29.0 Å². The fraction of sp³-hybridized carbons (Fsp3) is 0.364. The number of para-hydroxylation sites is 1. The molecule has 2 heterocycles. The molecular weight excluding hydrogens is 410 g/mol. The summed E-state index contributed by atoms with van der Waals surface area (Å²) in [6.45, 7) is 9.56. The van der Waals surface area contributed by atoms with Crippen LogP contribution in [0.4, 0.5) is 11.4 Å². The van der Waals surface area contributed by atoms with Crippen molar-refractivity contribution in [3.05, 3.63) is 54.1 Å². The van der Waals surface area contributed by atoms with Gasteiger partial charge in [-0.3, -0.25) is 4.79 Å². The minimum Gasteiger partial charge on any atom is -0.369 e. The highest BCUT2D eigenvalue weighted by atomic mass is 32.2. The Morgan fingerprint density at radius 3 is 2.52 bits per heavy atom. The smallest absolute Gasteiger partial charge is 0.234 e. The summed E-state index contributed by atoms with van der Waals surface area (Å²) in [7, 11) is 0. The molecule has 31 heavy (non-hydrogen) atoms. The second-order valence-corrected chi connectivity index (χ2v) is 8.41. The number of piperazine rings is 1. The third kappa shape index (κ3) is 5.23. The fourth-order valence-electron chi connectivity index (χ4n) is 3.63. The number of benzene rings is 2. The number of nitrogens with one attached hydrogen (secondary N) is 1. The SMILES string of the molecule is CCN1CCN(c2ccc(NC(=O)CSc3nnnn3-c3ccccc3C)cc2)CC1. The van der Waals surface area contributed by atoms with Gasteiger partial charge >= 0.3 is 0 Å². The van der Waals surface area contributed by atoms with Gasteiger partial charge in [0.25, 0.3) is 0 Å². The number of hydrogen-bond acceptors (Lipinski definition) is 7. The van der Waals surface area contributed by atoms with E-state index in [2.05, 4.69) is 49.7 Å². The first kappa shape index (κ1) is 21.3. The number of tetrazole rings is 1. The third-order valence-corrected chi connectivity index (χ3v) is 6.37. The first-order valence-corrected chi connectivity index (χ1v) is 11.5. The lowest BCUT2D eigenvalue weighted by atomic mass is 10.2. The van der Waals surface area contributed by atoms with E-state index in [0.29, 0.717) is 5.16 Å². The van der Waals surface area contributed by atoms with Gasteiger partial charge in [0.05, 0.1) is 11.4 Å². The highest BCUT2D eigenvalue weighted by molar-refractivity contribution is 7.99. The van der Waals surface area contributed by atoms with Crippen LogP contribution in [-0.4, -0.2) is 69.5 Å². The molecule has 0 unspecified atom stereocenters. The van der Waals surface area contributed by atoms with Gasteiger partial charge in [0.1, 0.15) is 0 Å². The topological polar surface area (TPSA) is 79.2 Å². The molecule has 1 aliphatic rings. The molecule has 162 valence electrons. The molecule has 1 N–H and O–H groups in total. The van der Waals surface area contributed by atoms with Gasteiger partial charge in [-0.1, -0.05) is 36.9 Å². The van der Waals surface area contributed by atoms with Gasteiger partial charge in [0.2, 0.25) is 11.1 Å². The van der Waals surface area contributed by atoms with Gasteiger partial charge in [-0.05, 0) is 59.8 Å². The van der Waals surface area contributed by atoms with Crippen LogP contribution in [-0.2, 0) is 4.79 Å². The molecule has 9 heteroatoms. The lowest BCUT2D eigenvalue weighted by Crippen LogP contribution is -2.46. The van der Waals surface area contributed by atoms with E-state index < -0.39 is 0 Å². The van der Waals surface area contributed by atoms with Crippen LogP contribution in [0.5, 0.6) is 0 Å². The van der Waals surface area contributed by atoms with Gasteiger partial charge in [-0.2, -0.15) is 4.68 Å². The lowest BCUT2D eigenvalue weighted by Gasteiger charge is -2.35. The summed E-state index contributed by atoms with van der Waals surface area (Å²) in [6.07, 6.45) is 0. The van der Waals surface area contributed by atoms with E-state index in [9.17, 15) is 4.79 Å². The van der Waals surface area contributed by atoms with Crippen LogP contribution in [0.25, 0.3) is 5.69 Å². The van der Waals surface area contributed by atoms with Crippen molar-refractivity contribution in [2.75, 3.05) is 48.7 Å².